The van der Waals surface area contributed by atoms with Gasteiger partial charge in [-0.05, 0) is 62.6 Å². The fraction of sp³-hybridized carbons (Fsp3) is 0.500. The van der Waals surface area contributed by atoms with Crippen molar-refractivity contribution in [3.8, 4) is 11.5 Å². The summed E-state index contributed by atoms with van der Waals surface area (Å²) in [4.78, 5) is 39.7. The Bertz CT molecular complexity index is 1080. The molecule has 0 amide bonds. The lowest BCUT2D eigenvalue weighted by atomic mass is 9.69. The van der Waals surface area contributed by atoms with Gasteiger partial charge in [0, 0.05) is 22.9 Å². The quantitative estimate of drug-likeness (QED) is 0.498. The fourth-order valence-corrected chi connectivity index (χ4v) is 5.38. The molecule has 3 aliphatic rings. The van der Waals surface area contributed by atoms with E-state index >= 15 is 0 Å². The van der Waals surface area contributed by atoms with Gasteiger partial charge in [-0.25, -0.2) is 4.79 Å². The number of methoxy groups -OCH3 is 2. The van der Waals surface area contributed by atoms with E-state index in [1.165, 1.54) is 20.3 Å². The number of phenols is 1. The largest absolute Gasteiger partial charge is 0.504 e. The molecule has 1 aliphatic heterocycles. The molecule has 0 spiro atoms. The molecule has 3 atom stereocenters. The van der Waals surface area contributed by atoms with Crippen molar-refractivity contribution in [2.45, 2.75) is 58.0 Å². The highest BCUT2D eigenvalue weighted by atomic mass is 16.5. The Balaban J connectivity index is 1.84. The highest BCUT2D eigenvalue weighted by molar-refractivity contribution is 6.12. The second-order valence-corrected chi connectivity index (χ2v) is 9.28. The van der Waals surface area contributed by atoms with Crippen LogP contribution in [-0.4, -0.2) is 43.2 Å². The van der Waals surface area contributed by atoms with Crippen LogP contribution in [0.5, 0.6) is 11.5 Å². The molecule has 34 heavy (non-hydrogen) atoms. The van der Waals surface area contributed by atoms with Crippen LogP contribution in [0.15, 0.2) is 40.7 Å². The number of esters is 2. The highest BCUT2D eigenvalue weighted by Crippen LogP contribution is 2.47. The minimum absolute atomic E-state index is 0.0544. The minimum atomic E-state index is -0.961. The maximum atomic E-state index is 13.7. The van der Waals surface area contributed by atoms with Crippen molar-refractivity contribution in [3.05, 3.63) is 46.3 Å². The fourth-order valence-electron chi connectivity index (χ4n) is 5.38. The zero-order chi connectivity index (χ0) is 24.6. The second kappa shape index (κ2) is 9.52. The van der Waals surface area contributed by atoms with Crippen molar-refractivity contribution in [2.24, 2.45) is 11.8 Å². The number of aromatic hydroxyl groups is 1. The van der Waals surface area contributed by atoms with Crippen molar-refractivity contribution >= 4 is 17.7 Å². The Hall–Kier alpha value is -3.29. The molecule has 1 aromatic rings. The van der Waals surface area contributed by atoms with Crippen molar-refractivity contribution in [1.82, 2.24) is 5.32 Å². The summed E-state index contributed by atoms with van der Waals surface area (Å²) in [6.07, 6.45) is 3.96. The zero-order valence-electron chi connectivity index (χ0n) is 20.0. The van der Waals surface area contributed by atoms with E-state index in [-0.39, 0.29) is 29.3 Å². The van der Waals surface area contributed by atoms with Crippen LogP contribution < -0.4 is 10.1 Å². The van der Waals surface area contributed by atoms with Gasteiger partial charge in [0.25, 0.3) is 0 Å². The molecule has 8 heteroatoms. The van der Waals surface area contributed by atoms with Crippen molar-refractivity contribution in [2.75, 3.05) is 14.2 Å². The van der Waals surface area contributed by atoms with E-state index in [1.54, 1.807) is 19.1 Å². The summed E-state index contributed by atoms with van der Waals surface area (Å²) >= 11 is 0. The van der Waals surface area contributed by atoms with Crippen LogP contribution >= 0.6 is 0 Å². The maximum Gasteiger partial charge on any atom is 0.337 e. The number of phenolic OH excluding ortho intramolecular Hbond substituents is 1. The SMILES string of the molecule is COC(=O)[C@H]1C(=O)C2=C(C[C@@H]1C)NC(C)=C(C(=O)OC1CCCC1)[C@@H]2c1ccc(O)c(OC)c1. The van der Waals surface area contributed by atoms with Gasteiger partial charge in [-0.2, -0.15) is 0 Å². The van der Waals surface area contributed by atoms with Gasteiger partial charge in [-0.1, -0.05) is 13.0 Å². The lowest BCUT2D eigenvalue weighted by Crippen LogP contribution is -2.43. The van der Waals surface area contributed by atoms with Gasteiger partial charge < -0.3 is 24.6 Å². The summed E-state index contributed by atoms with van der Waals surface area (Å²) in [5, 5.41) is 13.4. The van der Waals surface area contributed by atoms with Gasteiger partial charge in [-0.15, -0.1) is 0 Å². The summed E-state index contributed by atoms with van der Waals surface area (Å²) in [7, 11) is 2.70. The number of ketones is 1. The molecule has 2 aliphatic carbocycles. The molecule has 1 heterocycles. The average molecular weight is 470 g/mol. The van der Waals surface area contributed by atoms with Crippen LogP contribution in [0, 0.1) is 11.8 Å². The number of rotatable bonds is 5. The molecule has 0 saturated heterocycles. The molecule has 0 aromatic heterocycles. The third kappa shape index (κ3) is 4.17. The van der Waals surface area contributed by atoms with Crippen molar-refractivity contribution < 1.29 is 33.7 Å². The van der Waals surface area contributed by atoms with Gasteiger partial charge in [0.2, 0.25) is 0 Å². The van der Waals surface area contributed by atoms with Crippen LogP contribution in [0.3, 0.4) is 0 Å². The Labute approximate surface area is 199 Å². The number of allylic oxidation sites excluding steroid dienone is 3. The number of carbonyl (C=O) groups is 3. The summed E-state index contributed by atoms with van der Waals surface area (Å²) in [6, 6.07) is 4.75. The van der Waals surface area contributed by atoms with Crippen LogP contribution in [-0.2, 0) is 23.9 Å². The van der Waals surface area contributed by atoms with Gasteiger partial charge in [-0.3, -0.25) is 9.59 Å². The van der Waals surface area contributed by atoms with Gasteiger partial charge >= 0.3 is 11.9 Å². The maximum absolute atomic E-state index is 13.7. The third-order valence-corrected chi connectivity index (χ3v) is 7.08. The Morgan fingerprint density at radius 2 is 1.85 bits per heavy atom. The lowest BCUT2D eigenvalue weighted by Gasteiger charge is -2.38. The van der Waals surface area contributed by atoms with Crippen LogP contribution in [0.25, 0.3) is 0 Å². The van der Waals surface area contributed by atoms with Crippen LogP contribution in [0.1, 0.15) is 57.4 Å². The van der Waals surface area contributed by atoms with E-state index in [4.69, 9.17) is 14.2 Å². The molecule has 1 aromatic carbocycles. The molecule has 182 valence electrons. The van der Waals surface area contributed by atoms with E-state index in [1.807, 2.05) is 6.92 Å². The van der Waals surface area contributed by atoms with E-state index < -0.39 is 23.8 Å². The van der Waals surface area contributed by atoms with Gasteiger partial charge in [0.15, 0.2) is 17.3 Å². The van der Waals surface area contributed by atoms with E-state index in [0.29, 0.717) is 34.5 Å². The molecule has 0 unspecified atom stereocenters. The minimum Gasteiger partial charge on any atom is -0.504 e. The number of carbonyl (C=O) groups excluding carboxylic acids is 3. The number of nitrogens with one attached hydrogen (secondary N) is 1. The third-order valence-electron chi connectivity index (χ3n) is 7.08. The Morgan fingerprint density at radius 3 is 2.50 bits per heavy atom. The average Bonchev–Trinajstić information content (AvgIpc) is 3.31. The van der Waals surface area contributed by atoms with E-state index in [9.17, 15) is 19.5 Å². The molecule has 1 saturated carbocycles. The molecule has 0 bridgehead atoms. The van der Waals surface area contributed by atoms with Gasteiger partial charge in [0.05, 0.1) is 19.8 Å². The normalized spacial score (nSPS) is 25.1. The Kier molecular flexibility index (Phi) is 6.68. The molecular formula is C26H31NO7. The first kappa shape index (κ1) is 23.9. The molecule has 0 radical (unpaired) electrons. The van der Waals surface area contributed by atoms with Crippen LogP contribution in [0.4, 0.5) is 0 Å². The van der Waals surface area contributed by atoms with E-state index in [0.717, 1.165) is 25.7 Å². The summed E-state index contributed by atoms with van der Waals surface area (Å²) in [5.41, 5.74) is 2.56. The monoisotopic (exact) mass is 469 g/mol. The Morgan fingerprint density at radius 1 is 1.15 bits per heavy atom. The first-order valence-electron chi connectivity index (χ1n) is 11.7. The van der Waals surface area contributed by atoms with Crippen molar-refractivity contribution in [1.29, 1.82) is 0 Å². The standard InChI is InChI=1S/C26H31NO7/c1-13-11-17-23(24(29)20(13)25(30)33-4)22(15-9-10-18(28)19(12-15)32-3)21(14(2)27-17)26(31)34-16-7-5-6-8-16/h9-10,12-13,16,20,22,27-28H,5-8,11H2,1-4H3/t13-,20+,22-/m0/s1. The molecule has 4 rings (SSSR count). The number of Topliss-reactive ketones (excluding diaryl/α,β-unsaturated/α-hetero) is 1. The highest BCUT2D eigenvalue weighted by Gasteiger charge is 2.47. The number of hydrogen-bond donors (Lipinski definition) is 2. The van der Waals surface area contributed by atoms with Gasteiger partial charge in [0.1, 0.15) is 12.0 Å². The molecule has 1 fully saturated rings. The topological polar surface area (TPSA) is 111 Å². The molecule has 2 N–H and O–H groups in total. The van der Waals surface area contributed by atoms with Crippen LogP contribution in [0.2, 0.25) is 0 Å². The number of benzene rings is 1. The van der Waals surface area contributed by atoms with Crippen molar-refractivity contribution in [3.63, 3.8) is 0 Å². The summed E-state index contributed by atoms with van der Waals surface area (Å²) in [5.74, 6) is -3.27. The second-order valence-electron chi connectivity index (χ2n) is 9.28. The first-order chi connectivity index (χ1) is 16.3. The number of hydrogen-bond acceptors (Lipinski definition) is 8. The lowest BCUT2D eigenvalue weighted by molar-refractivity contribution is -0.151. The predicted octanol–water partition coefficient (Wildman–Crippen LogP) is 3.50. The molecule has 8 nitrogen and oxygen atoms in total. The predicted molar refractivity (Wildman–Crippen MR) is 123 cm³/mol. The summed E-state index contributed by atoms with van der Waals surface area (Å²) < 4.78 is 16.1. The number of dihydropyridines is 1. The smallest absolute Gasteiger partial charge is 0.337 e. The van der Waals surface area contributed by atoms with E-state index in [2.05, 4.69) is 5.32 Å². The number of ether oxygens (including phenoxy) is 3. The molecular weight excluding hydrogens is 438 g/mol. The zero-order valence-corrected chi connectivity index (χ0v) is 20.0. The summed E-state index contributed by atoms with van der Waals surface area (Å²) in [6.45, 7) is 3.63. The first-order valence-corrected chi connectivity index (χ1v) is 11.7.